The van der Waals surface area contributed by atoms with Crippen LogP contribution in [0.3, 0.4) is 0 Å². The Balaban J connectivity index is 1.24. The van der Waals surface area contributed by atoms with E-state index in [-0.39, 0.29) is 17.2 Å². The Labute approximate surface area is 179 Å². The van der Waals surface area contributed by atoms with E-state index in [2.05, 4.69) is 54.0 Å². The molecule has 7 rings (SSSR count). The number of hydrogen-bond donors (Lipinski definition) is 1. The molecule has 4 bridgehead atoms. The number of fused-ring (bicyclic) bond motifs is 1. The number of amides is 1. The predicted octanol–water partition coefficient (Wildman–Crippen LogP) is 5.31. The van der Waals surface area contributed by atoms with Crippen molar-refractivity contribution in [2.24, 2.45) is 34.7 Å². The molecule has 0 unspecified atom stereocenters. The largest absolute Gasteiger partial charge is 0.273 e. The van der Waals surface area contributed by atoms with Crippen molar-refractivity contribution in [3.8, 4) is 0 Å². The second-order valence-electron chi connectivity index (χ2n) is 10.2. The van der Waals surface area contributed by atoms with Crippen molar-refractivity contribution in [1.82, 2.24) is 5.43 Å². The van der Waals surface area contributed by atoms with Crippen molar-refractivity contribution in [3.05, 3.63) is 71.8 Å². The van der Waals surface area contributed by atoms with E-state index in [1.54, 1.807) is 0 Å². The van der Waals surface area contributed by atoms with Crippen LogP contribution in [-0.4, -0.2) is 11.6 Å². The maximum Gasteiger partial charge on any atom is 0.244 e. The first-order valence-corrected chi connectivity index (χ1v) is 11.7. The van der Waals surface area contributed by atoms with Crippen LogP contribution >= 0.6 is 0 Å². The summed E-state index contributed by atoms with van der Waals surface area (Å²) in [4.78, 5) is 13.2. The molecule has 1 amide bonds. The van der Waals surface area contributed by atoms with E-state index in [1.807, 2.05) is 12.1 Å². The second-order valence-corrected chi connectivity index (χ2v) is 10.2. The summed E-state index contributed by atoms with van der Waals surface area (Å²) in [5.41, 5.74) is 6.56. The van der Waals surface area contributed by atoms with Crippen LogP contribution in [0.1, 0.15) is 56.1 Å². The van der Waals surface area contributed by atoms with E-state index in [0.29, 0.717) is 5.92 Å². The zero-order chi connectivity index (χ0) is 20.1. The van der Waals surface area contributed by atoms with Crippen molar-refractivity contribution in [3.63, 3.8) is 0 Å². The molecule has 0 saturated heterocycles. The summed E-state index contributed by atoms with van der Waals surface area (Å²) in [5.74, 6) is 3.25. The van der Waals surface area contributed by atoms with Gasteiger partial charge in [0.1, 0.15) is 0 Å². The number of nitrogens with one attached hydrogen (secondary N) is 1. The van der Waals surface area contributed by atoms with Gasteiger partial charge in [0.25, 0.3) is 0 Å². The SMILES string of the molecule is O=C(N/N=C1/CC2C[C@H]3CC1C[C@H](C2)C3)[C@H]1CC1(c1ccccc1)c1ccccc1. The molecule has 5 aliphatic carbocycles. The van der Waals surface area contributed by atoms with Gasteiger partial charge >= 0.3 is 0 Å². The lowest BCUT2D eigenvalue weighted by Crippen LogP contribution is -2.30. The summed E-state index contributed by atoms with van der Waals surface area (Å²) in [6.45, 7) is 0. The van der Waals surface area contributed by atoms with Gasteiger partial charge in [-0.1, -0.05) is 60.7 Å². The van der Waals surface area contributed by atoms with E-state index in [0.717, 1.165) is 30.6 Å². The summed E-state index contributed by atoms with van der Waals surface area (Å²) >= 11 is 0. The molecule has 0 radical (unpaired) electrons. The molecule has 0 spiro atoms. The molecule has 5 fully saturated rings. The number of carbonyl (C=O) groups excluding carboxylic acids is 1. The molecule has 3 atom stereocenters. The fourth-order valence-electron chi connectivity index (χ4n) is 7.09. The lowest BCUT2D eigenvalue weighted by Gasteiger charge is -2.37. The number of hydrazone groups is 1. The first-order chi connectivity index (χ1) is 14.7. The van der Waals surface area contributed by atoms with E-state index in [4.69, 9.17) is 5.10 Å². The lowest BCUT2D eigenvalue weighted by atomic mass is 9.68. The second kappa shape index (κ2) is 7.08. The van der Waals surface area contributed by atoms with Crippen LogP contribution in [0, 0.1) is 29.6 Å². The molecule has 3 nitrogen and oxygen atoms in total. The summed E-state index contributed by atoms with van der Waals surface area (Å²) in [6.07, 6.45) is 8.75. The molecular formula is C27H30N2O. The molecule has 154 valence electrons. The standard InChI is InChI=1S/C27H30N2O/c30-26(29-28-25-16-20-12-18-11-19(13-20)15-21(25)14-18)24-17-27(24,22-7-3-1-4-8-22)23-9-5-2-6-10-23/h1-10,18-21,24H,11-17H2,(H,29,30)/b28-25-/t18-,19-,20?,21?,24+/m0/s1. The normalized spacial score (nSPS) is 34.5. The minimum absolute atomic E-state index is 0.0507. The summed E-state index contributed by atoms with van der Waals surface area (Å²) in [5, 5.41) is 4.77. The zero-order valence-electron chi connectivity index (χ0n) is 17.5. The Morgan fingerprint density at radius 1 is 0.800 bits per heavy atom. The number of benzene rings is 2. The Morgan fingerprint density at radius 3 is 1.97 bits per heavy atom. The summed E-state index contributed by atoms with van der Waals surface area (Å²) in [7, 11) is 0. The molecule has 30 heavy (non-hydrogen) atoms. The van der Waals surface area contributed by atoms with Gasteiger partial charge in [-0.25, -0.2) is 5.43 Å². The Bertz CT molecular complexity index is 913. The highest BCUT2D eigenvalue weighted by Crippen LogP contribution is 2.59. The Kier molecular flexibility index (Phi) is 4.33. The minimum Gasteiger partial charge on any atom is -0.273 e. The van der Waals surface area contributed by atoms with Crippen LogP contribution < -0.4 is 5.43 Å². The maximum absolute atomic E-state index is 13.2. The zero-order valence-corrected chi connectivity index (χ0v) is 17.5. The topological polar surface area (TPSA) is 41.5 Å². The molecule has 2 aromatic rings. The fourth-order valence-corrected chi connectivity index (χ4v) is 7.09. The van der Waals surface area contributed by atoms with Gasteiger partial charge in [-0.3, -0.25) is 4.79 Å². The molecule has 2 aromatic carbocycles. The number of rotatable bonds is 4. The minimum atomic E-state index is -0.215. The van der Waals surface area contributed by atoms with Crippen molar-refractivity contribution < 1.29 is 4.79 Å². The number of nitrogens with zero attached hydrogens (tertiary/aromatic N) is 1. The van der Waals surface area contributed by atoms with Crippen molar-refractivity contribution in [2.75, 3.05) is 0 Å². The van der Waals surface area contributed by atoms with E-state index >= 15 is 0 Å². The maximum atomic E-state index is 13.2. The first-order valence-electron chi connectivity index (χ1n) is 11.7. The summed E-state index contributed by atoms with van der Waals surface area (Å²) < 4.78 is 0. The van der Waals surface area contributed by atoms with Gasteiger partial charge in [-0.2, -0.15) is 5.10 Å². The van der Waals surface area contributed by atoms with Crippen LogP contribution in [0.5, 0.6) is 0 Å². The van der Waals surface area contributed by atoms with Crippen LogP contribution in [0.2, 0.25) is 0 Å². The van der Waals surface area contributed by atoms with Gasteiger partial charge in [0.15, 0.2) is 0 Å². The molecular weight excluding hydrogens is 368 g/mol. The third-order valence-corrected chi connectivity index (χ3v) is 8.37. The Hall–Kier alpha value is -2.42. The average molecular weight is 399 g/mol. The molecule has 5 saturated carbocycles. The molecule has 5 aliphatic rings. The predicted molar refractivity (Wildman–Crippen MR) is 119 cm³/mol. The third-order valence-electron chi connectivity index (χ3n) is 8.37. The third kappa shape index (κ3) is 3.02. The van der Waals surface area contributed by atoms with Crippen molar-refractivity contribution in [2.45, 2.75) is 50.4 Å². The van der Waals surface area contributed by atoms with Crippen LogP contribution in [-0.2, 0) is 10.2 Å². The highest BCUT2D eigenvalue weighted by atomic mass is 16.2. The van der Waals surface area contributed by atoms with Crippen molar-refractivity contribution in [1.29, 1.82) is 0 Å². The quantitative estimate of drug-likeness (QED) is 0.697. The van der Waals surface area contributed by atoms with E-state index < -0.39 is 0 Å². The molecule has 1 N–H and O–H groups in total. The van der Waals surface area contributed by atoms with Gasteiger partial charge in [-0.15, -0.1) is 0 Å². The van der Waals surface area contributed by atoms with E-state index in [1.165, 1.54) is 48.9 Å². The monoisotopic (exact) mass is 398 g/mol. The highest BCUT2D eigenvalue weighted by Gasteiger charge is 2.60. The Morgan fingerprint density at radius 2 is 1.37 bits per heavy atom. The molecule has 0 heterocycles. The van der Waals surface area contributed by atoms with Gasteiger partial charge in [0.05, 0.1) is 5.92 Å². The fraction of sp³-hybridized carbons (Fsp3) is 0.481. The van der Waals surface area contributed by atoms with Gasteiger partial charge in [0, 0.05) is 11.1 Å². The van der Waals surface area contributed by atoms with Crippen LogP contribution in [0.4, 0.5) is 0 Å². The van der Waals surface area contributed by atoms with E-state index in [9.17, 15) is 4.79 Å². The number of carbonyl (C=O) groups is 1. The summed E-state index contributed by atoms with van der Waals surface area (Å²) in [6, 6.07) is 21.0. The molecule has 0 aromatic heterocycles. The lowest BCUT2D eigenvalue weighted by molar-refractivity contribution is -0.122. The molecule has 3 heteroatoms. The van der Waals surface area contributed by atoms with Gasteiger partial charge < -0.3 is 0 Å². The van der Waals surface area contributed by atoms with Gasteiger partial charge in [0.2, 0.25) is 5.91 Å². The van der Waals surface area contributed by atoms with Crippen LogP contribution in [0.15, 0.2) is 65.8 Å². The molecule has 0 aliphatic heterocycles. The van der Waals surface area contributed by atoms with Crippen LogP contribution in [0.25, 0.3) is 0 Å². The smallest absolute Gasteiger partial charge is 0.244 e. The number of hydrogen-bond acceptors (Lipinski definition) is 2. The van der Waals surface area contributed by atoms with Crippen molar-refractivity contribution >= 4 is 11.6 Å². The first kappa shape index (κ1) is 18.4. The van der Waals surface area contributed by atoms with Gasteiger partial charge in [-0.05, 0) is 79.7 Å². The average Bonchev–Trinajstić information content (AvgIpc) is 3.56. The highest BCUT2D eigenvalue weighted by molar-refractivity contribution is 5.91.